The maximum Gasteiger partial charge on any atom is 0.303 e. The van der Waals surface area contributed by atoms with Crippen LogP contribution in [0.3, 0.4) is 0 Å². The Labute approximate surface area is 89.6 Å². The number of ether oxygens (including phenoxy) is 2. The van der Waals surface area contributed by atoms with E-state index in [0.717, 1.165) is 0 Å². The van der Waals surface area contributed by atoms with Gasteiger partial charge in [0, 0.05) is 12.3 Å². The molecule has 2 aliphatic rings. The lowest BCUT2D eigenvalue weighted by atomic mass is 9.79. The monoisotopic (exact) mass is 214 g/mol. The lowest BCUT2D eigenvalue weighted by Gasteiger charge is -2.38. The summed E-state index contributed by atoms with van der Waals surface area (Å²) in [6.07, 6.45) is 4.27. The quantitative estimate of drug-likeness (QED) is 0.775. The molecule has 1 N–H and O–H groups in total. The van der Waals surface area contributed by atoms with Crippen LogP contribution in [0, 0.1) is 5.92 Å². The smallest absolute Gasteiger partial charge is 0.303 e. The van der Waals surface area contributed by atoms with Crippen molar-refractivity contribution >= 4 is 5.97 Å². The highest BCUT2D eigenvalue weighted by molar-refractivity contribution is 5.66. The third-order valence-corrected chi connectivity index (χ3v) is 3.48. The number of rotatable bonds is 4. The molecule has 1 aliphatic carbocycles. The lowest BCUT2D eigenvalue weighted by Crippen LogP contribution is -2.40. The summed E-state index contributed by atoms with van der Waals surface area (Å²) in [5.74, 6) is -0.704. The van der Waals surface area contributed by atoms with Gasteiger partial charge in [0.25, 0.3) is 0 Å². The van der Waals surface area contributed by atoms with Gasteiger partial charge in [-0.05, 0) is 26.2 Å². The van der Waals surface area contributed by atoms with Gasteiger partial charge in [-0.25, -0.2) is 0 Å². The average molecular weight is 214 g/mol. The first kappa shape index (κ1) is 10.9. The van der Waals surface area contributed by atoms with Gasteiger partial charge in [0.2, 0.25) is 0 Å². The van der Waals surface area contributed by atoms with Crippen molar-refractivity contribution in [2.45, 2.75) is 50.9 Å². The van der Waals surface area contributed by atoms with Crippen LogP contribution in [0.1, 0.15) is 39.0 Å². The number of carboxylic acids is 1. The Hall–Kier alpha value is -0.610. The van der Waals surface area contributed by atoms with Gasteiger partial charge in [0.15, 0.2) is 5.79 Å². The Bertz CT molecular complexity index is 249. The van der Waals surface area contributed by atoms with Gasteiger partial charge in [0.1, 0.15) is 0 Å². The zero-order chi connectivity index (χ0) is 10.9. The first-order valence-electron chi connectivity index (χ1n) is 5.64. The summed E-state index contributed by atoms with van der Waals surface area (Å²) in [5, 5.41) is 8.57. The van der Waals surface area contributed by atoms with Crippen molar-refractivity contribution in [1.29, 1.82) is 0 Å². The Morgan fingerprint density at radius 1 is 1.53 bits per heavy atom. The summed E-state index contributed by atoms with van der Waals surface area (Å²) >= 11 is 0. The minimum absolute atomic E-state index is 0.0355. The van der Waals surface area contributed by atoms with Gasteiger partial charge in [-0.1, -0.05) is 6.42 Å². The van der Waals surface area contributed by atoms with E-state index in [1.54, 1.807) is 0 Å². The molecule has 1 saturated heterocycles. The standard InChI is InChI=1S/C11H18O4/c1-11(8-3-2-4-8)14-7-9(15-11)5-6-10(12)13/h8-9H,2-7H2,1H3,(H,12,13). The van der Waals surface area contributed by atoms with E-state index in [9.17, 15) is 4.79 Å². The highest BCUT2D eigenvalue weighted by Crippen LogP contribution is 2.42. The highest BCUT2D eigenvalue weighted by Gasteiger charge is 2.45. The molecule has 86 valence electrons. The SMILES string of the molecule is CC1(C2CCC2)OCC(CCC(=O)O)O1. The van der Waals surface area contributed by atoms with E-state index in [1.165, 1.54) is 19.3 Å². The minimum Gasteiger partial charge on any atom is -0.481 e. The van der Waals surface area contributed by atoms with Gasteiger partial charge in [-0.3, -0.25) is 4.79 Å². The van der Waals surface area contributed by atoms with Gasteiger partial charge in [0.05, 0.1) is 12.7 Å². The fraction of sp³-hybridized carbons (Fsp3) is 0.909. The molecule has 2 fully saturated rings. The maximum absolute atomic E-state index is 10.4. The summed E-state index contributed by atoms with van der Waals surface area (Å²) in [6, 6.07) is 0. The van der Waals surface area contributed by atoms with E-state index in [4.69, 9.17) is 14.6 Å². The van der Waals surface area contributed by atoms with Crippen molar-refractivity contribution in [3.05, 3.63) is 0 Å². The van der Waals surface area contributed by atoms with Crippen molar-refractivity contribution in [3.8, 4) is 0 Å². The number of aliphatic carboxylic acids is 1. The van der Waals surface area contributed by atoms with E-state index >= 15 is 0 Å². The zero-order valence-corrected chi connectivity index (χ0v) is 9.07. The Morgan fingerprint density at radius 2 is 2.27 bits per heavy atom. The summed E-state index contributed by atoms with van der Waals surface area (Å²) in [4.78, 5) is 10.4. The number of carboxylic acid groups (broad SMARTS) is 1. The topological polar surface area (TPSA) is 55.8 Å². The summed E-state index contributed by atoms with van der Waals surface area (Å²) in [7, 11) is 0. The molecule has 4 nitrogen and oxygen atoms in total. The van der Waals surface area contributed by atoms with Crippen LogP contribution < -0.4 is 0 Å². The van der Waals surface area contributed by atoms with Crippen LogP contribution in [0.25, 0.3) is 0 Å². The normalized spacial score (nSPS) is 36.5. The predicted molar refractivity (Wildman–Crippen MR) is 53.4 cm³/mol. The Kier molecular flexibility index (Phi) is 2.98. The lowest BCUT2D eigenvalue weighted by molar-refractivity contribution is -0.208. The fourth-order valence-electron chi connectivity index (χ4n) is 2.23. The molecule has 4 heteroatoms. The second-order valence-electron chi connectivity index (χ2n) is 4.63. The molecular weight excluding hydrogens is 196 g/mol. The van der Waals surface area contributed by atoms with Crippen molar-refractivity contribution < 1.29 is 19.4 Å². The van der Waals surface area contributed by atoms with Gasteiger partial charge in [-0.15, -0.1) is 0 Å². The van der Waals surface area contributed by atoms with Gasteiger partial charge < -0.3 is 14.6 Å². The molecule has 2 atom stereocenters. The van der Waals surface area contributed by atoms with Gasteiger partial charge in [-0.2, -0.15) is 0 Å². The van der Waals surface area contributed by atoms with Crippen LogP contribution in [0.5, 0.6) is 0 Å². The van der Waals surface area contributed by atoms with Crippen LogP contribution in [-0.4, -0.2) is 29.6 Å². The van der Waals surface area contributed by atoms with E-state index in [2.05, 4.69) is 0 Å². The third kappa shape index (κ3) is 2.32. The first-order chi connectivity index (χ1) is 7.10. The molecule has 0 aromatic heterocycles. The fourth-order valence-corrected chi connectivity index (χ4v) is 2.23. The van der Waals surface area contributed by atoms with E-state index in [0.29, 0.717) is 18.9 Å². The molecule has 0 bridgehead atoms. The van der Waals surface area contributed by atoms with E-state index < -0.39 is 11.8 Å². The summed E-state index contributed by atoms with van der Waals surface area (Å²) < 4.78 is 11.5. The maximum atomic E-state index is 10.4. The van der Waals surface area contributed by atoms with Crippen molar-refractivity contribution in [1.82, 2.24) is 0 Å². The summed E-state index contributed by atoms with van der Waals surface area (Å²) in [6.45, 7) is 2.53. The van der Waals surface area contributed by atoms with Gasteiger partial charge >= 0.3 is 5.97 Å². The molecule has 0 radical (unpaired) electrons. The van der Waals surface area contributed by atoms with Crippen molar-refractivity contribution in [2.24, 2.45) is 5.92 Å². The molecule has 2 unspecified atom stereocenters. The second-order valence-corrected chi connectivity index (χ2v) is 4.63. The first-order valence-corrected chi connectivity index (χ1v) is 5.64. The number of hydrogen-bond donors (Lipinski definition) is 1. The summed E-state index contributed by atoms with van der Waals surface area (Å²) in [5.41, 5.74) is 0. The van der Waals surface area contributed by atoms with Crippen LogP contribution in [0.4, 0.5) is 0 Å². The molecule has 15 heavy (non-hydrogen) atoms. The predicted octanol–water partition coefficient (Wildman–Crippen LogP) is 1.78. The molecular formula is C11H18O4. The van der Waals surface area contributed by atoms with Crippen LogP contribution in [-0.2, 0) is 14.3 Å². The van der Waals surface area contributed by atoms with E-state index in [1.807, 2.05) is 6.92 Å². The third-order valence-electron chi connectivity index (χ3n) is 3.48. The molecule has 0 amide bonds. The molecule has 1 saturated carbocycles. The second kappa shape index (κ2) is 4.10. The Morgan fingerprint density at radius 3 is 2.80 bits per heavy atom. The number of hydrogen-bond acceptors (Lipinski definition) is 3. The molecule has 2 rings (SSSR count). The van der Waals surface area contributed by atoms with Crippen molar-refractivity contribution in [3.63, 3.8) is 0 Å². The number of carbonyl (C=O) groups is 1. The van der Waals surface area contributed by atoms with E-state index in [-0.39, 0.29) is 12.5 Å². The molecule has 0 aromatic rings. The zero-order valence-electron chi connectivity index (χ0n) is 9.07. The van der Waals surface area contributed by atoms with Crippen LogP contribution in [0.15, 0.2) is 0 Å². The highest BCUT2D eigenvalue weighted by atomic mass is 16.7. The molecule has 1 aliphatic heterocycles. The molecule has 0 spiro atoms. The largest absolute Gasteiger partial charge is 0.481 e. The average Bonchev–Trinajstić information content (AvgIpc) is 2.41. The van der Waals surface area contributed by atoms with Crippen molar-refractivity contribution in [2.75, 3.05) is 6.61 Å². The molecule has 0 aromatic carbocycles. The Balaban J connectivity index is 1.80. The molecule has 1 heterocycles. The van der Waals surface area contributed by atoms with Crippen LogP contribution >= 0.6 is 0 Å². The minimum atomic E-state index is -0.768. The van der Waals surface area contributed by atoms with Crippen LogP contribution in [0.2, 0.25) is 0 Å².